The third-order valence-electron chi connectivity index (χ3n) is 3.78. The summed E-state index contributed by atoms with van der Waals surface area (Å²) < 4.78 is 25.4. The highest BCUT2D eigenvalue weighted by Crippen LogP contribution is 2.26. The highest BCUT2D eigenvalue weighted by Gasteiger charge is 2.22. The zero-order valence-electron chi connectivity index (χ0n) is 15.3. The zero-order valence-corrected chi connectivity index (χ0v) is 17.7. The van der Waals surface area contributed by atoms with Crippen molar-refractivity contribution >= 4 is 45.0 Å². The predicted octanol–water partition coefficient (Wildman–Crippen LogP) is 3.71. The molecule has 0 fully saturated rings. The lowest BCUT2D eigenvalue weighted by Crippen LogP contribution is -2.41. The number of nitrogens with zero attached hydrogens (tertiary/aromatic N) is 1. The van der Waals surface area contributed by atoms with Crippen LogP contribution in [0, 0.1) is 6.92 Å². The Morgan fingerprint density at radius 1 is 1.19 bits per heavy atom. The van der Waals surface area contributed by atoms with Crippen LogP contribution in [0.2, 0.25) is 5.02 Å². The van der Waals surface area contributed by atoms with Crippen molar-refractivity contribution in [1.82, 2.24) is 5.32 Å². The second-order valence-electron chi connectivity index (χ2n) is 6.07. The summed E-state index contributed by atoms with van der Waals surface area (Å²) >= 11 is 7.71. The van der Waals surface area contributed by atoms with Crippen molar-refractivity contribution in [3.8, 4) is 0 Å². The van der Waals surface area contributed by atoms with Crippen molar-refractivity contribution in [2.24, 2.45) is 0 Å². The van der Waals surface area contributed by atoms with E-state index in [1.165, 1.54) is 4.90 Å². The molecule has 0 bridgehead atoms. The Balaban J connectivity index is 1.88. The smallest absolute Gasteiger partial charge is 0.240 e. The molecule has 0 unspecified atom stereocenters. The molecule has 0 aliphatic carbocycles. The third-order valence-corrected chi connectivity index (χ3v) is 6.24. The molecule has 0 aromatic heterocycles. The van der Waals surface area contributed by atoms with E-state index in [0.29, 0.717) is 17.3 Å². The van der Waals surface area contributed by atoms with Crippen LogP contribution in [0.1, 0.15) is 12.0 Å². The molecule has 0 atom stereocenters. The molecule has 8 heteroatoms. The Morgan fingerprint density at radius 2 is 1.89 bits per heavy atom. The predicted molar refractivity (Wildman–Crippen MR) is 113 cm³/mol. The normalized spacial score (nSPS) is 11.2. The van der Waals surface area contributed by atoms with E-state index in [1.807, 2.05) is 30.3 Å². The fourth-order valence-corrected chi connectivity index (χ4v) is 4.37. The summed E-state index contributed by atoms with van der Waals surface area (Å²) in [7, 11) is -3.61. The van der Waals surface area contributed by atoms with Crippen LogP contribution in [-0.2, 0) is 14.8 Å². The molecule has 27 heavy (non-hydrogen) atoms. The SMILES string of the molecule is Cc1ccc(Cl)cc1N(CC(=O)NCCCSc1ccccc1)S(C)(=O)=O. The number of hydrogen-bond donors (Lipinski definition) is 1. The lowest BCUT2D eigenvalue weighted by Gasteiger charge is -2.23. The summed E-state index contributed by atoms with van der Waals surface area (Å²) in [6.45, 7) is 2.00. The highest BCUT2D eigenvalue weighted by atomic mass is 35.5. The van der Waals surface area contributed by atoms with Gasteiger partial charge in [-0.1, -0.05) is 35.9 Å². The van der Waals surface area contributed by atoms with Crippen LogP contribution in [0.4, 0.5) is 5.69 Å². The van der Waals surface area contributed by atoms with E-state index in [0.717, 1.165) is 28.3 Å². The standard InChI is InChI=1S/C19H23ClN2O3S2/c1-15-9-10-16(20)13-18(15)22(27(2,24)25)14-19(23)21-11-6-12-26-17-7-4-3-5-8-17/h3-5,7-10,13H,6,11-12,14H2,1-2H3,(H,21,23). The number of carbonyl (C=O) groups is 1. The molecule has 2 aromatic carbocycles. The molecular formula is C19H23ClN2O3S2. The number of amides is 1. The van der Waals surface area contributed by atoms with Crippen molar-refractivity contribution < 1.29 is 13.2 Å². The first kappa shape index (κ1) is 21.6. The zero-order chi connectivity index (χ0) is 19.9. The molecule has 0 saturated heterocycles. The molecule has 146 valence electrons. The van der Waals surface area contributed by atoms with Gasteiger partial charge in [-0.2, -0.15) is 0 Å². The molecule has 0 spiro atoms. The molecule has 0 radical (unpaired) electrons. The van der Waals surface area contributed by atoms with Gasteiger partial charge in [0.2, 0.25) is 15.9 Å². The largest absolute Gasteiger partial charge is 0.354 e. The van der Waals surface area contributed by atoms with Gasteiger partial charge in [-0.15, -0.1) is 11.8 Å². The minimum absolute atomic E-state index is 0.272. The fourth-order valence-electron chi connectivity index (χ4n) is 2.43. The van der Waals surface area contributed by atoms with Gasteiger partial charge in [-0.05, 0) is 48.9 Å². The average Bonchev–Trinajstić information content (AvgIpc) is 2.61. The van der Waals surface area contributed by atoms with Crippen LogP contribution in [0.25, 0.3) is 0 Å². The number of aryl methyl sites for hydroxylation is 1. The maximum atomic E-state index is 12.2. The number of hydrogen-bond acceptors (Lipinski definition) is 4. The third kappa shape index (κ3) is 7.08. The minimum Gasteiger partial charge on any atom is -0.354 e. The van der Waals surface area contributed by atoms with Crippen molar-refractivity contribution in [2.75, 3.05) is 29.4 Å². The summed E-state index contributed by atoms with van der Waals surface area (Å²) in [5, 5.41) is 3.20. The van der Waals surface area contributed by atoms with Gasteiger partial charge in [0.25, 0.3) is 0 Å². The summed E-state index contributed by atoms with van der Waals surface area (Å²) in [5.74, 6) is 0.525. The number of halogens is 1. The van der Waals surface area contributed by atoms with Gasteiger partial charge in [0.05, 0.1) is 11.9 Å². The van der Waals surface area contributed by atoms with Gasteiger partial charge in [0.1, 0.15) is 6.54 Å². The minimum atomic E-state index is -3.61. The van der Waals surface area contributed by atoms with Crippen molar-refractivity contribution in [3.05, 3.63) is 59.1 Å². The monoisotopic (exact) mass is 426 g/mol. The van der Waals surface area contributed by atoms with Crippen molar-refractivity contribution in [2.45, 2.75) is 18.2 Å². The van der Waals surface area contributed by atoms with Gasteiger partial charge >= 0.3 is 0 Å². The number of carbonyl (C=O) groups excluding carboxylic acids is 1. The van der Waals surface area contributed by atoms with E-state index >= 15 is 0 Å². The molecular weight excluding hydrogens is 404 g/mol. The van der Waals surface area contributed by atoms with Crippen LogP contribution in [-0.4, -0.2) is 39.4 Å². The first-order valence-electron chi connectivity index (χ1n) is 8.46. The average molecular weight is 427 g/mol. The Kier molecular flexibility index (Phi) is 8.01. The first-order chi connectivity index (χ1) is 12.8. The number of thioether (sulfide) groups is 1. The number of sulfonamides is 1. The lowest BCUT2D eigenvalue weighted by atomic mass is 10.2. The van der Waals surface area contributed by atoms with Gasteiger partial charge < -0.3 is 5.32 Å². The quantitative estimate of drug-likeness (QED) is 0.490. The highest BCUT2D eigenvalue weighted by molar-refractivity contribution is 7.99. The summed E-state index contributed by atoms with van der Waals surface area (Å²) in [4.78, 5) is 13.4. The number of anilines is 1. The first-order valence-corrected chi connectivity index (χ1v) is 11.7. The second kappa shape index (κ2) is 10.0. The Labute approximate surface area is 170 Å². The number of nitrogens with one attached hydrogen (secondary N) is 1. The summed E-state index contributed by atoms with van der Waals surface area (Å²) in [5.41, 5.74) is 1.15. The number of benzene rings is 2. The van der Waals surface area contributed by atoms with Crippen LogP contribution in [0.5, 0.6) is 0 Å². The molecule has 0 aliphatic heterocycles. The van der Waals surface area contributed by atoms with Crippen LogP contribution in [0.15, 0.2) is 53.4 Å². The van der Waals surface area contributed by atoms with Gasteiger partial charge in [-0.3, -0.25) is 9.10 Å². The maximum absolute atomic E-state index is 12.2. The fraction of sp³-hybridized carbons (Fsp3) is 0.316. The van der Waals surface area contributed by atoms with Gasteiger partial charge in [0.15, 0.2) is 0 Å². The Morgan fingerprint density at radius 3 is 2.56 bits per heavy atom. The van der Waals surface area contributed by atoms with Crippen LogP contribution in [0.3, 0.4) is 0 Å². The molecule has 2 rings (SSSR count). The van der Waals surface area contributed by atoms with E-state index in [-0.39, 0.29) is 12.5 Å². The molecule has 0 heterocycles. The molecule has 2 aromatic rings. The van der Waals surface area contributed by atoms with Gasteiger partial charge in [0, 0.05) is 16.5 Å². The van der Waals surface area contributed by atoms with Crippen molar-refractivity contribution in [3.63, 3.8) is 0 Å². The van der Waals surface area contributed by atoms with E-state index in [4.69, 9.17) is 11.6 Å². The van der Waals surface area contributed by atoms with E-state index in [1.54, 1.807) is 36.9 Å². The van der Waals surface area contributed by atoms with Gasteiger partial charge in [-0.25, -0.2) is 8.42 Å². The summed E-state index contributed by atoms with van der Waals surface area (Å²) in [6.07, 6.45) is 1.87. The molecule has 0 aliphatic rings. The maximum Gasteiger partial charge on any atom is 0.240 e. The van der Waals surface area contributed by atoms with Crippen LogP contribution >= 0.6 is 23.4 Å². The Bertz CT molecular complexity index is 874. The molecule has 0 saturated carbocycles. The van der Waals surface area contributed by atoms with E-state index in [9.17, 15) is 13.2 Å². The number of rotatable bonds is 9. The molecule has 1 N–H and O–H groups in total. The van der Waals surface area contributed by atoms with E-state index in [2.05, 4.69) is 5.32 Å². The lowest BCUT2D eigenvalue weighted by molar-refractivity contribution is -0.119. The van der Waals surface area contributed by atoms with Crippen molar-refractivity contribution in [1.29, 1.82) is 0 Å². The molecule has 1 amide bonds. The second-order valence-corrected chi connectivity index (χ2v) is 9.58. The summed E-state index contributed by atoms with van der Waals surface area (Å²) in [6, 6.07) is 15.0. The Hall–Kier alpha value is -1.70. The van der Waals surface area contributed by atoms with Crippen LogP contribution < -0.4 is 9.62 Å². The molecule has 5 nitrogen and oxygen atoms in total. The van der Waals surface area contributed by atoms with E-state index < -0.39 is 10.0 Å². The topological polar surface area (TPSA) is 66.5 Å².